The second kappa shape index (κ2) is 7.69. The fourth-order valence-electron chi connectivity index (χ4n) is 1.87. The van der Waals surface area contributed by atoms with Gasteiger partial charge in [0.1, 0.15) is 5.82 Å². The molecule has 1 amide bonds. The maximum atomic E-state index is 13.1. The van der Waals surface area contributed by atoms with Crippen molar-refractivity contribution in [1.29, 1.82) is 0 Å². The molecule has 0 radical (unpaired) electrons. The van der Waals surface area contributed by atoms with Crippen molar-refractivity contribution in [3.05, 3.63) is 47.2 Å². The van der Waals surface area contributed by atoms with E-state index >= 15 is 0 Å². The second-order valence-electron chi connectivity index (χ2n) is 4.46. The highest BCUT2D eigenvalue weighted by atomic mass is 35.5. The van der Waals surface area contributed by atoms with Crippen molar-refractivity contribution in [3.63, 3.8) is 0 Å². The Bertz CT molecular complexity index is 686. The molecule has 1 N–H and O–H groups in total. The zero-order chi connectivity index (χ0) is 16.8. The fourth-order valence-corrected chi connectivity index (χ4v) is 2.05. The van der Waals surface area contributed by atoms with Crippen molar-refractivity contribution in [1.82, 2.24) is 0 Å². The maximum absolute atomic E-state index is 13.1. The van der Waals surface area contributed by atoms with Gasteiger partial charge in [-0.3, -0.25) is 4.79 Å². The Labute approximate surface area is 137 Å². The van der Waals surface area contributed by atoms with Crippen molar-refractivity contribution >= 4 is 23.2 Å². The van der Waals surface area contributed by atoms with Gasteiger partial charge in [-0.15, -0.1) is 0 Å². The third-order valence-electron chi connectivity index (χ3n) is 2.93. The van der Waals surface area contributed by atoms with Crippen LogP contribution in [0.3, 0.4) is 0 Å². The lowest BCUT2D eigenvalue weighted by Crippen LogP contribution is -2.20. The van der Waals surface area contributed by atoms with Crippen LogP contribution >= 0.6 is 11.6 Å². The summed E-state index contributed by atoms with van der Waals surface area (Å²) in [6, 6.07) is 9.01. The molecule has 0 spiro atoms. The van der Waals surface area contributed by atoms with E-state index in [2.05, 4.69) is 5.32 Å². The first-order chi connectivity index (χ1) is 11.0. The van der Waals surface area contributed by atoms with Crippen LogP contribution in [0, 0.1) is 5.82 Å². The summed E-state index contributed by atoms with van der Waals surface area (Å²) in [4.78, 5) is 11.9. The number of nitrogens with one attached hydrogen (secondary N) is 1. The SMILES string of the molecule is COc1cccc(OC)c1OCC(=O)Nc1ccc(F)c(Cl)c1. The molecule has 23 heavy (non-hydrogen) atoms. The molecule has 0 saturated heterocycles. The minimum atomic E-state index is -0.556. The highest BCUT2D eigenvalue weighted by Gasteiger charge is 2.13. The van der Waals surface area contributed by atoms with Gasteiger partial charge < -0.3 is 19.5 Å². The number of halogens is 2. The molecule has 0 aliphatic heterocycles. The zero-order valence-corrected chi connectivity index (χ0v) is 13.3. The predicted molar refractivity (Wildman–Crippen MR) is 85.1 cm³/mol. The lowest BCUT2D eigenvalue weighted by Gasteiger charge is -2.14. The minimum Gasteiger partial charge on any atom is -0.493 e. The number of hydrogen-bond donors (Lipinski definition) is 1. The number of methoxy groups -OCH3 is 2. The first-order valence-electron chi connectivity index (χ1n) is 6.64. The Morgan fingerprint density at radius 1 is 1.17 bits per heavy atom. The van der Waals surface area contributed by atoms with E-state index in [1.807, 2.05) is 0 Å². The molecular formula is C16H15ClFNO4. The van der Waals surface area contributed by atoms with E-state index in [-0.39, 0.29) is 11.6 Å². The first kappa shape index (κ1) is 16.9. The lowest BCUT2D eigenvalue weighted by molar-refractivity contribution is -0.118. The summed E-state index contributed by atoms with van der Waals surface area (Å²) >= 11 is 5.66. The van der Waals surface area contributed by atoms with Gasteiger partial charge in [-0.2, -0.15) is 0 Å². The largest absolute Gasteiger partial charge is 0.493 e. The van der Waals surface area contributed by atoms with Crippen LogP contribution < -0.4 is 19.5 Å². The summed E-state index contributed by atoms with van der Waals surface area (Å²) in [5, 5.41) is 2.48. The Balaban J connectivity index is 2.03. The van der Waals surface area contributed by atoms with Gasteiger partial charge in [0.25, 0.3) is 5.91 Å². The van der Waals surface area contributed by atoms with Gasteiger partial charge >= 0.3 is 0 Å². The summed E-state index contributed by atoms with van der Waals surface area (Å²) in [5.74, 6) is 0.231. The molecule has 122 valence electrons. The van der Waals surface area contributed by atoms with Gasteiger partial charge in [0.05, 0.1) is 19.2 Å². The molecule has 0 saturated carbocycles. The molecule has 0 aliphatic carbocycles. The number of benzene rings is 2. The molecule has 0 aromatic heterocycles. The molecule has 0 heterocycles. The number of carbonyl (C=O) groups is 1. The number of rotatable bonds is 6. The third-order valence-corrected chi connectivity index (χ3v) is 3.22. The Kier molecular flexibility index (Phi) is 5.65. The Hall–Kier alpha value is -2.47. The van der Waals surface area contributed by atoms with E-state index in [1.54, 1.807) is 18.2 Å². The van der Waals surface area contributed by atoms with Gasteiger partial charge in [0.15, 0.2) is 18.1 Å². The zero-order valence-electron chi connectivity index (χ0n) is 12.6. The van der Waals surface area contributed by atoms with Crippen LogP contribution in [0.15, 0.2) is 36.4 Å². The van der Waals surface area contributed by atoms with Crippen LogP contribution in [-0.2, 0) is 4.79 Å². The van der Waals surface area contributed by atoms with Gasteiger partial charge in [-0.25, -0.2) is 4.39 Å². The van der Waals surface area contributed by atoms with E-state index in [1.165, 1.54) is 32.4 Å². The normalized spacial score (nSPS) is 10.1. The molecular weight excluding hydrogens is 325 g/mol. The van der Waals surface area contributed by atoms with Crippen LogP contribution in [0.1, 0.15) is 0 Å². The molecule has 0 unspecified atom stereocenters. The Morgan fingerprint density at radius 2 is 1.83 bits per heavy atom. The van der Waals surface area contributed by atoms with Crippen LogP contribution in [0.25, 0.3) is 0 Å². The van der Waals surface area contributed by atoms with Crippen LogP contribution in [-0.4, -0.2) is 26.7 Å². The van der Waals surface area contributed by atoms with E-state index in [9.17, 15) is 9.18 Å². The molecule has 2 rings (SSSR count). The molecule has 5 nitrogen and oxygen atoms in total. The summed E-state index contributed by atoms with van der Waals surface area (Å²) in [7, 11) is 2.98. The average molecular weight is 340 g/mol. The van der Waals surface area contributed by atoms with Crippen LogP contribution in [0.2, 0.25) is 5.02 Å². The molecule has 0 aliphatic rings. The van der Waals surface area contributed by atoms with Crippen LogP contribution in [0.5, 0.6) is 17.2 Å². The molecule has 0 fully saturated rings. The molecule has 7 heteroatoms. The van der Waals surface area contributed by atoms with Crippen molar-refractivity contribution in [2.24, 2.45) is 0 Å². The Morgan fingerprint density at radius 3 is 2.39 bits per heavy atom. The summed E-state index contributed by atoms with van der Waals surface area (Å²) in [6.07, 6.45) is 0. The summed E-state index contributed by atoms with van der Waals surface area (Å²) in [5.41, 5.74) is 0.372. The number of anilines is 1. The topological polar surface area (TPSA) is 56.8 Å². The minimum absolute atomic E-state index is 0.0740. The monoisotopic (exact) mass is 339 g/mol. The van der Waals surface area contributed by atoms with Crippen molar-refractivity contribution in [3.8, 4) is 17.2 Å². The van der Waals surface area contributed by atoms with Crippen LogP contribution in [0.4, 0.5) is 10.1 Å². The van der Waals surface area contributed by atoms with Crippen molar-refractivity contribution in [2.75, 3.05) is 26.1 Å². The van der Waals surface area contributed by atoms with E-state index in [4.69, 9.17) is 25.8 Å². The molecule has 0 atom stereocenters. The van der Waals surface area contributed by atoms with E-state index in [0.29, 0.717) is 22.9 Å². The molecule has 2 aromatic rings. The van der Waals surface area contributed by atoms with E-state index < -0.39 is 11.7 Å². The summed E-state index contributed by atoms with van der Waals surface area (Å²) < 4.78 is 28.9. The third kappa shape index (κ3) is 4.26. The van der Waals surface area contributed by atoms with E-state index in [0.717, 1.165) is 0 Å². The molecule has 2 aromatic carbocycles. The standard InChI is InChI=1S/C16H15ClFNO4/c1-21-13-4-3-5-14(22-2)16(13)23-9-15(20)19-10-6-7-12(18)11(17)8-10/h3-8H,9H2,1-2H3,(H,19,20). The first-order valence-corrected chi connectivity index (χ1v) is 7.01. The van der Waals surface area contributed by atoms with Crippen molar-refractivity contribution < 1.29 is 23.4 Å². The number of ether oxygens (including phenoxy) is 3. The average Bonchev–Trinajstić information content (AvgIpc) is 2.55. The maximum Gasteiger partial charge on any atom is 0.262 e. The number of amides is 1. The summed E-state index contributed by atoms with van der Waals surface area (Å²) in [6.45, 7) is -0.272. The number of carbonyl (C=O) groups excluding carboxylic acids is 1. The fraction of sp³-hybridized carbons (Fsp3) is 0.188. The lowest BCUT2D eigenvalue weighted by atomic mass is 10.3. The smallest absolute Gasteiger partial charge is 0.262 e. The quantitative estimate of drug-likeness (QED) is 0.875. The van der Waals surface area contributed by atoms with Gasteiger partial charge in [-0.05, 0) is 30.3 Å². The van der Waals surface area contributed by atoms with Crippen molar-refractivity contribution in [2.45, 2.75) is 0 Å². The predicted octanol–water partition coefficient (Wildman–Crippen LogP) is 3.51. The number of hydrogen-bond acceptors (Lipinski definition) is 4. The molecule has 0 bridgehead atoms. The highest BCUT2D eigenvalue weighted by Crippen LogP contribution is 2.36. The van der Waals surface area contributed by atoms with Gasteiger partial charge in [0.2, 0.25) is 5.75 Å². The highest BCUT2D eigenvalue weighted by molar-refractivity contribution is 6.31. The van der Waals surface area contributed by atoms with Gasteiger partial charge in [0, 0.05) is 5.69 Å². The second-order valence-corrected chi connectivity index (χ2v) is 4.86. The van der Waals surface area contributed by atoms with Gasteiger partial charge in [-0.1, -0.05) is 17.7 Å². The number of para-hydroxylation sites is 1.